The summed E-state index contributed by atoms with van der Waals surface area (Å²) in [6, 6.07) is 10.2. The fourth-order valence-corrected chi connectivity index (χ4v) is 2.73. The molecule has 1 heterocycles. The van der Waals surface area contributed by atoms with Crippen LogP contribution in [0.1, 0.15) is 18.9 Å². The van der Waals surface area contributed by atoms with E-state index in [4.69, 9.17) is 16.3 Å². The zero-order valence-corrected chi connectivity index (χ0v) is 11.1. The van der Waals surface area contributed by atoms with Gasteiger partial charge in [-0.2, -0.15) is 0 Å². The lowest BCUT2D eigenvalue weighted by Gasteiger charge is -2.17. The van der Waals surface area contributed by atoms with E-state index in [2.05, 4.69) is 18.3 Å². The van der Waals surface area contributed by atoms with E-state index in [1.807, 2.05) is 24.3 Å². The molecule has 2 aromatic rings. The predicted molar refractivity (Wildman–Crippen MR) is 75.4 cm³/mol. The molecule has 0 radical (unpaired) electrons. The molecule has 0 fully saturated rings. The minimum Gasteiger partial charge on any atom is -0.488 e. The van der Waals surface area contributed by atoms with E-state index in [1.165, 1.54) is 0 Å². The summed E-state index contributed by atoms with van der Waals surface area (Å²) in [6.45, 7) is 3.85. The molecule has 1 aliphatic heterocycles. The second-order valence-corrected chi connectivity index (χ2v) is 5.08. The van der Waals surface area contributed by atoms with E-state index in [1.54, 1.807) is 0 Å². The SMILES string of the molecule is CC[C@@H]1CNCc2cc(Cl)c3ccccc3c2O1. The van der Waals surface area contributed by atoms with Crippen molar-refractivity contribution in [1.29, 1.82) is 0 Å². The third kappa shape index (κ3) is 1.96. The summed E-state index contributed by atoms with van der Waals surface area (Å²) in [5.74, 6) is 0.992. The molecule has 0 bridgehead atoms. The summed E-state index contributed by atoms with van der Waals surface area (Å²) in [5, 5.41) is 6.39. The summed E-state index contributed by atoms with van der Waals surface area (Å²) in [5.41, 5.74) is 1.15. The van der Waals surface area contributed by atoms with Gasteiger partial charge < -0.3 is 10.1 Å². The molecule has 0 unspecified atom stereocenters. The van der Waals surface area contributed by atoms with Crippen molar-refractivity contribution in [2.24, 2.45) is 0 Å². The minimum absolute atomic E-state index is 0.232. The van der Waals surface area contributed by atoms with Crippen LogP contribution in [0.2, 0.25) is 5.02 Å². The lowest BCUT2D eigenvalue weighted by atomic mass is 10.1. The molecule has 0 aliphatic carbocycles. The summed E-state index contributed by atoms with van der Waals surface area (Å²) >= 11 is 6.33. The van der Waals surface area contributed by atoms with Crippen molar-refractivity contribution in [2.45, 2.75) is 26.0 Å². The minimum atomic E-state index is 0.232. The zero-order chi connectivity index (χ0) is 12.5. The highest BCUT2D eigenvalue weighted by Gasteiger charge is 2.19. The van der Waals surface area contributed by atoms with Gasteiger partial charge in [-0.05, 0) is 12.5 Å². The van der Waals surface area contributed by atoms with Crippen molar-refractivity contribution in [3.63, 3.8) is 0 Å². The highest BCUT2D eigenvalue weighted by molar-refractivity contribution is 6.35. The Labute approximate surface area is 112 Å². The van der Waals surface area contributed by atoms with Crippen LogP contribution in [0.15, 0.2) is 30.3 Å². The van der Waals surface area contributed by atoms with Gasteiger partial charge in [-0.15, -0.1) is 0 Å². The van der Waals surface area contributed by atoms with Gasteiger partial charge in [0.05, 0.1) is 0 Å². The Morgan fingerprint density at radius 3 is 2.89 bits per heavy atom. The van der Waals surface area contributed by atoms with Crippen molar-refractivity contribution in [2.75, 3.05) is 6.54 Å². The molecule has 94 valence electrons. The number of halogens is 1. The van der Waals surface area contributed by atoms with Crippen LogP contribution in [0, 0.1) is 0 Å². The Hall–Kier alpha value is -1.25. The molecule has 1 atom stereocenters. The summed E-state index contributed by atoms with van der Waals surface area (Å²) < 4.78 is 6.15. The van der Waals surface area contributed by atoms with Gasteiger partial charge in [0.25, 0.3) is 0 Å². The highest BCUT2D eigenvalue weighted by atomic mass is 35.5. The Bertz CT molecular complexity index is 582. The summed E-state index contributed by atoms with van der Waals surface area (Å²) in [4.78, 5) is 0. The maximum Gasteiger partial charge on any atom is 0.132 e. The standard InChI is InChI=1S/C15H16ClNO/c1-2-11-9-17-8-10-7-14(16)12-5-3-4-6-13(12)15(10)18-11/h3-7,11,17H,2,8-9H2,1H3/t11-/m1/s1. The largest absolute Gasteiger partial charge is 0.488 e. The number of fused-ring (bicyclic) bond motifs is 3. The van der Waals surface area contributed by atoms with Crippen LogP contribution in [0.4, 0.5) is 0 Å². The van der Waals surface area contributed by atoms with Crippen LogP contribution in [0.5, 0.6) is 5.75 Å². The van der Waals surface area contributed by atoms with E-state index in [9.17, 15) is 0 Å². The van der Waals surface area contributed by atoms with Crippen LogP contribution < -0.4 is 10.1 Å². The third-order valence-corrected chi connectivity index (χ3v) is 3.76. The van der Waals surface area contributed by atoms with Crippen LogP contribution in [-0.2, 0) is 6.54 Å². The number of hydrogen-bond donors (Lipinski definition) is 1. The number of rotatable bonds is 1. The summed E-state index contributed by atoms with van der Waals surface area (Å²) in [7, 11) is 0. The monoisotopic (exact) mass is 261 g/mol. The van der Waals surface area contributed by atoms with Gasteiger partial charge >= 0.3 is 0 Å². The van der Waals surface area contributed by atoms with Gasteiger partial charge in [-0.25, -0.2) is 0 Å². The lowest BCUT2D eigenvalue weighted by Crippen LogP contribution is -2.27. The second-order valence-electron chi connectivity index (χ2n) is 4.67. The normalized spacial score (nSPS) is 19.1. The fourth-order valence-electron chi connectivity index (χ4n) is 2.43. The quantitative estimate of drug-likeness (QED) is 0.844. The Balaban J connectivity index is 2.22. The molecule has 0 saturated carbocycles. The molecular weight excluding hydrogens is 246 g/mol. The average molecular weight is 262 g/mol. The van der Waals surface area contributed by atoms with Crippen molar-refractivity contribution >= 4 is 22.4 Å². The molecule has 2 nitrogen and oxygen atoms in total. The second kappa shape index (κ2) is 4.79. The van der Waals surface area contributed by atoms with Crippen molar-refractivity contribution in [3.05, 3.63) is 40.9 Å². The Morgan fingerprint density at radius 1 is 1.33 bits per heavy atom. The lowest BCUT2D eigenvalue weighted by molar-refractivity contribution is 0.204. The Morgan fingerprint density at radius 2 is 2.11 bits per heavy atom. The summed E-state index contributed by atoms with van der Waals surface area (Å²) in [6.07, 6.45) is 1.24. The van der Waals surface area contributed by atoms with E-state index in [0.717, 1.165) is 46.6 Å². The number of benzene rings is 2. The average Bonchev–Trinajstić information content (AvgIpc) is 2.61. The highest BCUT2D eigenvalue weighted by Crippen LogP contribution is 2.36. The molecule has 1 aliphatic rings. The van der Waals surface area contributed by atoms with E-state index in [0.29, 0.717) is 0 Å². The first kappa shape index (κ1) is 11.8. The molecule has 3 rings (SSSR count). The molecule has 0 amide bonds. The topological polar surface area (TPSA) is 21.3 Å². The van der Waals surface area contributed by atoms with Gasteiger partial charge in [0.2, 0.25) is 0 Å². The zero-order valence-electron chi connectivity index (χ0n) is 10.4. The number of hydrogen-bond acceptors (Lipinski definition) is 2. The molecule has 1 N–H and O–H groups in total. The van der Waals surface area contributed by atoms with Gasteiger partial charge in [0.15, 0.2) is 0 Å². The maximum absolute atomic E-state index is 6.33. The molecule has 0 saturated heterocycles. The van der Waals surface area contributed by atoms with Crippen molar-refractivity contribution in [1.82, 2.24) is 5.32 Å². The first-order chi connectivity index (χ1) is 8.79. The van der Waals surface area contributed by atoms with E-state index in [-0.39, 0.29) is 6.10 Å². The van der Waals surface area contributed by atoms with Crippen molar-refractivity contribution < 1.29 is 4.74 Å². The fraction of sp³-hybridized carbons (Fsp3) is 0.333. The van der Waals surface area contributed by atoms with Crippen LogP contribution in [0.3, 0.4) is 0 Å². The van der Waals surface area contributed by atoms with E-state index < -0.39 is 0 Å². The van der Waals surface area contributed by atoms with Crippen LogP contribution >= 0.6 is 11.6 Å². The molecule has 0 aromatic heterocycles. The van der Waals surface area contributed by atoms with Crippen LogP contribution in [0.25, 0.3) is 10.8 Å². The maximum atomic E-state index is 6.33. The predicted octanol–water partition coefficient (Wildman–Crippen LogP) is 3.75. The molecular formula is C15H16ClNO. The Kier molecular flexibility index (Phi) is 3.14. The third-order valence-electron chi connectivity index (χ3n) is 3.45. The first-order valence-electron chi connectivity index (χ1n) is 6.37. The first-order valence-corrected chi connectivity index (χ1v) is 6.75. The number of nitrogens with one attached hydrogen (secondary N) is 1. The molecule has 0 spiro atoms. The molecule has 18 heavy (non-hydrogen) atoms. The van der Waals surface area contributed by atoms with E-state index >= 15 is 0 Å². The van der Waals surface area contributed by atoms with Crippen molar-refractivity contribution in [3.8, 4) is 5.75 Å². The van der Waals surface area contributed by atoms with Crippen LogP contribution in [-0.4, -0.2) is 12.6 Å². The van der Waals surface area contributed by atoms with Gasteiger partial charge in [0.1, 0.15) is 11.9 Å². The van der Waals surface area contributed by atoms with Gasteiger partial charge in [-0.3, -0.25) is 0 Å². The van der Waals surface area contributed by atoms with Gasteiger partial charge in [0, 0.05) is 34.4 Å². The number of ether oxygens (including phenoxy) is 1. The molecule has 3 heteroatoms. The smallest absolute Gasteiger partial charge is 0.132 e. The molecule has 2 aromatic carbocycles. The van der Waals surface area contributed by atoms with Gasteiger partial charge in [-0.1, -0.05) is 42.8 Å².